The molecule has 30 heavy (non-hydrogen) atoms. The Morgan fingerprint density at radius 1 is 0.933 bits per heavy atom. The topological polar surface area (TPSA) is 68.5 Å². The molecule has 0 N–H and O–H groups in total. The minimum absolute atomic E-state index is 0.260. The number of allylic oxidation sites excluding steroid dienone is 1. The molecule has 3 aromatic rings. The Morgan fingerprint density at radius 3 is 2.30 bits per heavy atom. The Kier molecular flexibility index (Phi) is 6.74. The van der Waals surface area contributed by atoms with E-state index in [0.717, 1.165) is 11.1 Å². The summed E-state index contributed by atoms with van der Waals surface area (Å²) in [6.45, 7) is 0. The predicted octanol–water partition coefficient (Wildman–Crippen LogP) is 5.64. The van der Waals surface area contributed by atoms with Gasteiger partial charge in [-0.1, -0.05) is 41.9 Å². The largest absolute Gasteiger partial charge is 0.496 e. The van der Waals surface area contributed by atoms with Gasteiger partial charge in [-0.05, 0) is 53.6 Å². The van der Waals surface area contributed by atoms with Gasteiger partial charge < -0.3 is 14.2 Å². The number of nitrogens with zero attached hydrogens (tertiary/aromatic N) is 1. The van der Waals surface area contributed by atoms with Crippen LogP contribution in [-0.4, -0.2) is 20.2 Å². The molecule has 0 aliphatic carbocycles. The molecule has 0 aliphatic rings. The maximum atomic E-state index is 12.6. The smallest absolute Gasteiger partial charge is 0.347 e. The third-order valence-electron chi connectivity index (χ3n) is 4.30. The summed E-state index contributed by atoms with van der Waals surface area (Å²) in [6.07, 6.45) is 1.72. The van der Waals surface area contributed by atoms with Gasteiger partial charge >= 0.3 is 5.97 Å². The first-order valence-electron chi connectivity index (χ1n) is 8.96. The van der Waals surface area contributed by atoms with Crippen molar-refractivity contribution in [2.45, 2.75) is 0 Å². The first-order chi connectivity index (χ1) is 14.5. The fourth-order valence-corrected chi connectivity index (χ4v) is 2.93. The molecule has 0 bridgehead atoms. The lowest BCUT2D eigenvalue weighted by molar-refractivity contribution is 0.0726. The molecule has 0 unspecified atom stereocenters. The number of benzene rings is 3. The van der Waals surface area contributed by atoms with Crippen LogP contribution in [0.2, 0.25) is 5.02 Å². The molecule has 0 atom stereocenters. The van der Waals surface area contributed by atoms with Gasteiger partial charge in [-0.3, -0.25) is 0 Å². The highest BCUT2D eigenvalue weighted by atomic mass is 35.5. The first-order valence-corrected chi connectivity index (χ1v) is 9.34. The number of carbonyl (C=O) groups excluding carboxylic acids is 1. The molecular weight excluding hydrogens is 402 g/mol. The van der Waals surface area contributed by atoms with Crippen molar-refractivity contribution in [2.75, 3.05) is 14.2 Å². The quantitative estimate of drug-likeness (QED) is 0.224. The highest BCUT2D eigenvalue weighted by Crippen LogP contribution is 2.31. The standard InChI is InChI=1S/C24H18ClNO4/c1-28-21-6-4-3-5-20(21)24(27)30-22-12-7-16(14-23(22)29-2)13-18(15-26)17-8-10-19(25)11-9-17/h3-14H,1-2H3/b18-13+. The van der Waals surface area contributed by atoms with Crippen molar-refractivity contribution < 1.29 is 19.0 Å². The van der Waals surface area contributed by atoms with Crippen LogP contribution in [0, 0.1) is 11.3 Å². The lowest BCUT2D eigenvalue weighted by Crippen LogP contribution is -2.10. The average molecular weight is 420 g/mol. The van der Waals surface area contributed by atoms with Crippen LogP contribution in [-0.2, 0) is 0 Å². The molecule has 150 valence electrons. The summed E-state index contributed by atoms with van der Waals surface area (Å²) < 4.78 is 16.1. The van der Waals surface area contributed by atoms with Crippen LogP contribution in [0.25, 0.3) is 11.6 Å². The second-order valence-corrected chi connectivity index (χ2v) is 6.61. The number of methoxy groups -OCH3 is 2. The summed E-state index contributed by atoms with van der Waals surface area (Å²) >= 11 is 5.91. The molecular formula is C24H18ClNO4. The number of halogens is 1. The number of rotatable bonds is 6. The summed E-state index contributed by atoms with van der Waals surface area (Å²) in [4.78, 5) is 12.6. The minimum atomic E-state index is -0.562. The molecule has 0 spiro atoms. The van der Waals surface area contributed by atoms with Crippen molar-refractivity contribution in [3.63, 3.8) is 0 Å². The summed E-state index contributed by atoms with van der Waals surface area (Å²) in [6, 6.07) is 21.0. The van der Waals surface area contributed by atoms with Crippen LogP contribution in [0.1, 0.15) is 21.5 Å². The highest BCUT2D eigenvalue weighted by molar-refractivity contribution is 6.30. The maximum Gasteiger partial charge on any atom is 0.347 e. The molecule has 5 nitrogen and oxygen atoms in total. The fourth-order valence-electron chi connectivity index (χ4n) is 2.80. The highest BCUT2D eigenvalue weighted by Gasteiger charge is 2.16. The Bertz CT molecular complexity index is 1130. The van der Waals surface area contributed by atoms with E-state index in [1.165, 1.54) is 14.2 Å². The van der Waals surface area contributed by atoms with Gasteiger partial charge in [0.1, 0.15) is 11.3 Å². The van der Waals surface area contributed by atoms with Gasteiger partial charge in [-0.15, -0.1) is 0 Å². The zero-order valence-corrected chi connectivity index (χ0v) is 17.1. The minimum Gasteiger partial charge on any atom is -0.496 e. The van der Waals surface area contributed by atoms with Crippen molar-refractivity contribution >= 4 is 29.2 Å². The van der Waals surface area contributed by atoms with E-state index in [1.807, 2.05) is 0 Å². The van der Waals surface area contributed by atoms with Gasteiger partial charge in [0.05, 0.1) is 25.9 Å². The number of esters is 1. The molecule has 0 radical (unpaired) electrons. The number of hydrogen-bond donors (Lipinski definition) is 0. The zero-order valence-electron chi connectivity index (χ0n) is 16.4. The lowest BCUT2D eigenvalue weighted by atomic mass is 10.0. The van der Waals surface area contributed by atoms with E-state index in [1.54, 1.807) is 72.8 Å². The van der Waals surface area contributed by atoms with Crippen molar-refractivity contribution in [3.8, 4) is 23.3 Å². The normalized spacial score (nSPS) is 10.8. The lowest BCUT2D eigenvalue weighted by Gasteiger charge is -2.12. The molecule has 0 amide bonds. The molecule has 3 rings (SSSR count). The van der Waals surface area contributed by atoms with E-state index in [-0.39, 0.29) is 5.75 Å². The Hall–Kier alpha value is -3.75. The molecule has 0 aromatic heterocycles. The van der Waals surface area contributed by atoms with Gasteiger partial charge in [0.2, 0.25) is 0 Å². The molecule has 3 aromatic carbocycles. The van der Waals surface area contributed by atoms with Crippen molar-refractivity contribution in [1.29, 1.82) is 5.26 Å². The van der Waals surface area contributed by atoms with Gasteiger partial charge in [-0.2, -0.15) is 5.26 Å². The van der Waals surface area contributed by atoms with Gasteiger partial charge in [-0.25, -0.2) is 4.79 Å². The van der Waals surface area contributed by atoms with Gasteiger partial charge in [0.25, 0.3) is 0 Å². The van der Waals surface area contributed by atoms with E-state index in [9.17, 15) is 10.1 Å². The molecule has 0 saturated carbocycles. The van der Waals surface area contributed by atoms with Crippen LogP contribution >= 0.6 is 11.6 Å². The van der Waals surface area contributed by atoms with E-state index in [4.69, 9.17) is 25.8 Å². The van der Waals surface area contributed by atoms with Crippen LogP contribution in [0.4, 0.5) is 0 Å². The molecule has 0 aliphatic heterocycles. The maximum absolute atomic E-state index is 12.6. The van der Waals surface area contributed by atoms with E-state index in [2.05, 4.69) is 6.07 Å². The second-order valence-electron chi connectivity index (χ2n) is 6.18. The number of para-hydroxylation sites is 1. The zero-order chi connectivity index (χ0) is 21.5. The number of ether oxygens (including phenoxy) is 3. The molecule has 0 saturated heterocycles. The monoisotopic (exact) mass is 419 g/mol. The summed E-state index contributed by atoms with van der Waals surface area (Å²) in [5, 5.41) is 10.1. The van der Waals surface area contributed by atoms with E-state index in [0.29, 0.717) is 27.7 Å². The Morgan fingerprint density at radius 2 is 1.63 bits per heavy atom. The van der Waals surface area contributed by atoms with Gasteiger partial charge in [0, 0.05) is 5.02 Å². The first kappa shape index (κ1) is 21.0. The summed E-state index contributed by atoms with van der Waals surface area (Å²) in [7, 11) is 2.97. The van der Waals surface area contributed by atoms with Crippen LogP contribution in [0.5, 0.6) is 17.2 Å². The van der Waals surface area contributed by atoms with E-state index < -0.39 is 5.97 Å². The van der Waals surface area contributed by atoms with Crippen LogP contribution in [0.15, 0.2) is 66.7 Å². The number of hydrogen-bond acceptors (Lipinski definition) is 5. The van der Waals surface area contributed by atoms with Crippen LogP contribution < -0.4 is 14.2 Å². The Labute approximate surface area is 179 Å². The molecule has 0 heterocycles. The summed E-state index contributed by atoms with van der Waals surface area (Å²) in [5.74, 6) is 0.478. The van der Waals surface area contributed by atoms with Crippen molar-refractivity contribution in [3.05, 3.63) is 88.4 Å². The van der Waals surface area contributed by atoms with E-state index >= 15 is 0 Å². The number of nitriles is 1. The van der Waals surface area contributed by atoms with Crippen LogP contribution in [0.3, 0.4) is 0 Å². The summed E-state index contributed by atoms with van der Waals surface area (Å²) in [5.41, 5.74) is 2.23. The van der Waals surface area contributed by atoms with Gasteiger partial charge in [0.15, 0.2) is 11.5 Å². The Balaban J connectivity index is 1.88. The third kappa shape index (κ3) is 4.80. The molecule has 6 heteroatoms. The fraction of sp³-hybridized carbons (Fsp3) is 0.0833. The average Bonchev–Trinajstić information content (AvgIpc) is 2.78. The van der Waals surface area contributed by atoms with Crippen molar-refractivity contribution in [2.24, 2.45) is 0 Å². The molecule has 0 fully saturated rings. The second kappa shape index (κ2) is 9.64. The SMILES string of the molecule is COc1cc(/C=C(\C#N)c2ccc(Cl)cc2)ccc1OC(=O)c1ccccc1OC. The number of carbonyl (C=O) groups is 1. The van der Waals surface area contributed by atoms with Crippen molar-refractivity contribution in [1.82, 2.24) is 0 Å². The predicted molar refractivity (Wildman–Crippen MR) is 116 cm³/mol. The third-order valence-corrected chi connectivity index (χ3v) is 4.56.